The summed E-state index contributed by atoms with van der Waals surface area (Å²) >= 11 is 0. The molecule has 1 aliphatic rings. The molecule has 1 aliphatic carbocycles. The Morgan fingerprint density at radius 3 is 2.65 bits per heavy atom. The van der Waals surface area contributed by atoms with Crippen LogP contribution in [0.3, 0.4) is 0 Å². The maximum absolute atomic E-state index is 14.7. The van der Waals surface area contributed by atoms with Crippen LogP contribution in [-0.4, -0.2) is 30.7 Å². The molecular weight excluding hydrogens is 439 g/mol. The van der Waals surface area contributed by atoms with Crippen LogP contribution in [0.4, 0.5) is 13.2 Å². The fourth-order valence-corrected chi connectivity index (χ4v) is 4.75. The topological polar surface area (TPSA) is 60.2 Å². The molecule has 0 spiro atoms. The number of methoxy groups -OCH3 is 1. The van der Waals surface area contributed by atoms with Crippen LogP contribution in [0.5, 0.6) is 5.75 Å². The highest BCUT2D eigenvalue weighted by Crippen LogP contribution is 2.30. The number of nitrogens with one attached hydrogen (secondary N) is 1. The Labute approximate surface area is 198 Å². The molecule has 1 saturated carbocycles. The van der Waals surface area contributed by atoms with Crippen molar-refractivity contribution in [1.29, 1.82) is 0 Å². The van der Waals surface area contributed by atoms with Gasteiger partial charge in [0.25, 0.3) is 0 Å². The van der Waals surface area contributed by atoms with E-state index in [2.05, 4.69) is 10.3 Å². The normalized spacial score (nSPS) is 19.6. The molecule has 0 amide bonds. The molecule has 0 aliphatic heterocycles. The monoisotopic (exact) mass is 469 g/mol. The number of ether oxygens (including phenoxy) is 1. The van der Waals surface area contributed by atoms with E-state index in [9.17, 15) is 13.2 Å². The molecule has 34 heavy (non-hydrogen) atoms. The third-order valence-corrected chi connectivity index (χ3v) is 6.73. The van der Waals surface area contributed by atoms with Gasteiger partial charge < -0.3 is 15.8 Å². The molecule has 1 atom stereocenters. The SMILES string of the molecule is COc1ccc2ncc(F)c(C[C@@H](N)C3CCC(NCC=Cc4cc(F)ccc4F)CC3)c2c1. The Morgan fingerprint density at radius 1 is 1.09 bits per heavy atom. The van der Waals surface area contributed by atoms with Gasteiger partial charge in [-0.25, -0.2) is 13.2 Å². The summed E-state index contributed by atoms with van der Waals surface area (Å²) in [6.45, 7) is 0.577. The Hall–Kier alpha value is -2.90. The number of rotatable bonds is 8. The van der Waals surface area contributed by atoms with Crippen LogP contribution in [0.25, 0.3) is 17.0 Å². The Morgan fingerprint density at radius 2 is 1.88 bits per heavy atom. The van der Waals surface area contributed by atoms with Gasteiger partial charge in [0.2, 0.25) is 0 Å². The van der Waals surface area contributed by atoms with Crippen LogP contribution in [0, 0.1) is 23.4 Å². The van der Waals surface area contributed by atoms with Crippen molar-refractivity contribution in [3.63, 3.8) is 0 Å². The summed E-state index contributed by atoms with van der Waals surface area (Å²) in [6, 6.07) is 9.07. The van der Waals surface area contributed by atoms with Gasteiger partial charge in [0.15, 0.2) is 0 Å². The molecule has 0 radical (unpaired) electrons. The summed E-state index contributed by atoms with van der Waals surface area (Å²) in [4.78, 5) is 4.19. The van der Waals surface area contributed by atoms with E-state index < -0.39 is 11.6 Å². The van der Waals surface area contributed by atoms with Gasteiger partial charge in [-0.15, -0.1) is 0 Å². The second kappa shape index (κ2) is 11.0. The van der Waals surface area contributed by atoms with Crippen LogP contribution in [0.1, 0.15) is 36.8 Å². The van der Waals surface area contributed by atoms with Gasteiger partial charge in [-0.1, -0.05) is 12.2 Å². The third-order valence-electron chi connectivity index (χ3n) is 6.73. The van der Waals surface area contributed by atoms with E-state index in [0.717, 1.165) is 48.7 Å². The second-order valence-electron chi connectivity index (χ2n) is 8.92. The van der Waals surface area contributed by atoms with Crippen LogP contribution in [0.2, 0.25) is 0 Å². The van der Waals surface area contributed by atoms with Gasteiger partial charge in [-0.2, -0.15) is 0 Å². The van der Waals surface area contributed by atoms with Crippen molar-refractivity contribution in [3.05, 3.63) is 77.2 Å². The van der Waals surface area contributed by atoms with E-state index in [-0.39, 0.29) is 17.4 Å². The summed E-state index contributed by atoms with van der Waals surface area (Å²) in [5, 5.41) is 4.20. The zero-order chi connectivity index (χ0) is 24.1. The summed E-state index contributed by atoms with van der Waals surface area (Å²) in [7, 11) is 1.58. The van der Waals surface area contributed by atoms with Gasteiger partial charge in [0.1, 0.15) is 23.2 Å². The van der Waals surface area contributed by atoms with E-state index in [1.165, 1.54) is 12.3 Å². The summed E-state index contributed by atoms with van der Waals surface area (Å²) in [5.41, 5.74) is 8.11. The van der Waals surface area contributed by atoms with Gasteiger partial charge in [-0.05, 0) is 74.4 Å². The first kappa shape index (κ1) is 24.2. The van der Waals surface area contributed by atoms with E-state index in [1.807, 2.05) is 18.2 Å². The van der Waals surface area contributed by atoms with E-state index >= 15 is 0 Å². The van der Waals surface area contributed by atoms with E-state index in [4.69, 9.17) is 10.5 Å². The lowest BCUT2D eigenvalue weighted by atomic mass is 9.79. The van der Waals surface area contributed by atoms with Crippen molar-refractivity contribution in [2.45, 2.75) is 44.2 Å². The van der Waals surface area contributed by atoms with Crippen LogP contribution in [-0.2, 0) is 6.42 Å². The number of fused-ring (bicyclic) bond motifs is 1. The Bertz CT molecular complexity index is 1160. The predicted molar refractivity (Wildman–Crippen MR) is 129 cm³/mol. The highest BCUT2D eigenvalue weighted by atomic mass is 19.1. The first-order valence-electron chi connectivity index (χ1n) is 11.7. The smallest absolute Gasteiger partial charge is 0.145 e. The fraction of sp³-hybridized carbons (Fsp3) is 0.370. The number of halogens is 3. The molecular formula is C27H30F3N3O. The highest BCUT2D eigenvalue weighted by Gasteiger charge is 2.26. The molecule has 7 heteroatoms. The molecule has 0 saturated heterocycles. The molecule has 2 aromatic carbocycles. The first-order valence-corrected chi connectivity index (χ1v) is 11.7. The van der Waals surface area contributed by atoms with Crippen molar-refractivity contribution in [2.24, 2.45) is 11.7 Å². The lowest BCUT2D eigenvalue weighted by Crippen LogP contribution is -2.40. The third kappa shape index (κ3) is 5.77. The van der Waals surface area contributed by atoms with Gasteiger partial charge in [0.05, 0.1) is 18.8 Å². The lowest BCUT2D eigenvalue weighted by molar-refractivity contribution is 0.260. The number of nitrogens with zero attached hydrogens (tertiary/aromatic N) is 1. The minimum atomic E-state index is -0.456. The van der Waals surface area contributed by atoms with Crippen molar-refractivity contribution < 1.29 is 17.9 Å². The Balaban J connectivity index is 1.30. The van der Waals surface area contributed by atoms with Crippen LogP contribution in [0.15, 0.2) is 48.7 Å². The highest BCUT2D eigenvalue weighted by molar-refractivity contribution is 5.83. The fourth-order valence-electron chi connectivity index (χ4n) is 4.75. The number of nitrogens with two attached hydrogens (primary N) is 1. The predicted octanol–water partition coefficient (Wildman–Crippen LogP) is 5.39. The van der Waals surface area contributed by atoms with Gasteiger partial charge in [0, 0.05) is 35.1 Å². The number of aromatic nitrogens is 1. The summed E-state index contributed by atoms with van der Waals surface area (Å²) in [6.07, 6.45) is 8.95. The zero-order valence-electron chi connectivity index (χ0n) is 19.2. The van der Waals surface area contributed by atoms with Crippen molar-refractivity contribution in [3.8, 4) is 5.75 Å². The molecule has 0 unspecified atom stereocenters. The van der Waals surface area contributed by atoms with Crippen molar-refractivity contribution in [2.75, 3.05) is 13.7 Å². The Kier molecular flexibility index (Phi) is 7.85. The molecule has 3 aromatic rings. The molecule has 1 aromatic heterocycles. The number of hydrogen-bond donors (Lipinski definition) is 2. The second-order valence-corrected chi connectivity index (χ2v) is 8.92. The standard InChI is InChI=1S/C27H30F3N3O/c1-34-21-9-11-27-23(14-21)22(25(30)16-33-27)15-26(31)17-4-7-20(8-5-17)32-12-2-3-18-13-19(28)6-10-24(18)29/h2-3,6,9-11,13-14,16-17,20,26,32H,4-5,7-8,12,15,31H2,1H3/t17?,20?,26-/m1/s1. The minimum Gasteiger partial charge on any atom is -0.497 e. The van der Waals surface area contributed by atoms with Gasteiger partial charge >= 0.3 is 0 Å². The molecule has 1 fully saturated rings. The molecule has 0 bridgehead atoms. The molecule has 1 heterocycles. The van der Waals surface area contributed by atoms with Crippen LogP contribution < -0.4 is 15.8 Å². The molecule has 4 nitrogen and oxygen atoms in total. The van der Waals surface area contributed by atoms with Gasteiger partial charge in [-0.3, -0.25) is 4.98 Å². The number of benzene rings is 2. The van der Waals surface area contributed by atoms with E-state index in [1.54, 1.807) is 19.3 Å². The van der Waals surface area contributed by atoms with Crippen molar-refractivity contribution >= 4 is 17.0 Å². The quantitative estimate of drug-likeness (QED) is 0.464. The summed E-state index contributed by atoms with van der Waals surface area (Å²) < 4.78 is 46.9. The minimum absolute atomic E-state index is 0.150. The maximum Gasteiger partial charge on any atom is 0.145 e. The lowest BCUT2D eigenvalue weighted by Gasteiger charge is -2.32. The average Bonchev–Trinajstić information content (AvgIpc) is 2.85. The molecule has 3 N–H and O–H groups in total. The molecule has 4 rings (SSSR count). The zero-order valence-corrected chi connectivity index (χ0v) is 19.2. The average molecular weight is 470 g/mol. The first-order chi connectivity index (χ1) is 16.4. The maximum atomic E-state index is 14.7. The number of pyridine rings is 1. The molecule has 180 valence electrons. The van der Waals surface area contributed by atoms with Crippen LogP contribution >= 0.6 is 0 Å². The van der Waals surface area contributed by atoms with Crippen molar-refractivity contribution in [1.82, 2.24) is 10.3 Å². The largest absolute Gasteiger partial charge is 0.497 e. The van der Waals surface area contributed by atoms with E-state index in [0.29, 0.717) is 36.2 Å². The number of hydrogen-bond acceptors (Lipinski definition) is 4. The summed E-state index contributed by atoms with van der Waals surface area (Å²) in [5.74, 6) is -0.266.